The zero-order valence-corrected chi connectivity index (χ0v) is 15.5. The molecule has 1 fully saturated rings. The van der Waals surface area contributed by atoms with Gasteiger partial charge in [-0.25, -0.2) is 9.97 Å². The molecular formula is C22H25N5. The Bertz CT molecular complexity index is 838. The SMILES string of the molecule is c1ccc(CCN2CCC[C@H](c3cccc(Nc4cnccn4)n3)C2)cc1. The molecule has 5 heteroatoms. The maximum atomic E-state index is 4.84. The van der Waals surface area contributed by atoms with E-state index < -0.39 is 0 Å². The highest BCUT2D eigenvalue weighted by molar-refractivity contribution is 5.50. The number of nitrogens with zero attached hydrogens (tertiary/aromatic N) is 4. The van der Waals surface area contributed by atoms with Crippen LogP contribution in [0, 0.1) is 0 Å². The van der Waals surface area contributed by atoms with Crippen LogP contribution in [0.2, 0.25) is 0 Å². The number of benzene rings is 1. The van der Waals surface area contributed by atoms with Gasteiger partial charge < -0.3 is 10.2 Å². The van der Waals surface area contributed by atoms with Gasteiger partial charge in [0.25, 0.3) is 0 Å². The van der Waals surface area contributed by atoms with Gasteiger partial charge in [0.1, 0.15) is 11.6 Å². The van der Waals surface area contributed by atoms with E-state index in [0.717, 1.165) is 36.8 Å². The van der Waals surface area contributed by atoms with Gasteiger partial charge in [0, 0.05) is 37.1 Å². The minimum Gasteiger partial charge on any atom is -0.324 e. The summed E-state index contributed by atoms with van der Waals surface area (Å²) in [6.07, 6.45) is 8.58. The van der Waals surface area contributed by atoms with E-state index in [4.69, 9.17) is 4.98 Å². The Labute approximate surface area is 160 Å². The predicted molar refractivity (Wildman–Crippen MR) is 108 cm³/mol. The fourth-order valence-electron chi connectivity index (χ4n) is 3.68. The van der Waals surface area contributed by atoms with Crippen LogP contribution in [0.25, 0.3) is 0 Å². The van der Waals surface area contributed by atoms with Gasteiger partial charge in [0.05, 0.1) is 6.20 Å². The third kappa shape index (κ3) is 4.89. The summed E-state index contributed by atoms with van der Waals surface area (Å²) in [4.78, 5) is 15.8. The molecule has 4 rings (SSSR count). The average Bonchev–Trinajstić information content (AvgIpc) is 2.74. The lowest BCUT2D eigenvalue weighted by molar-refractivity contribution is 0.208. The molecular weight excluding hydrogens is 334 g/mol. The maximum Gasteiger partial charge on any atom is 0.150 e. The minimum absolute atomic E-state index is 0.484. The molecule has 1 aliphatic rings. The molecule has 1 N–H and O–H groups in total. The van der Waals surface area contributed by atoms with Crippen LogP contribution in [0.1, 0.15) is 30.0 Å². The molecule has 0 spiro atoms. The quantitative estimate of drug-likeness (QED) is 0.720. The van der Waals surface area contributed by atoms with E-state index in [1.807, 2.05) is 6.07 Å². The zero-order valence-electron chi connectivity index (χ0n) is 15.5. The summed E-state index contributed by atoms with van der Waals surface area (Å²) >= 11 is 0. The van der Waals surface area contributed by atoms with Gasteiger partial charge in [-0.2, -0.15) is 0 Å². The molecule has 3 aromatic rings. The first-order valence-electron chi connectivity index (χ1n) is 9.63. The predicted octanol–water partition coefficient (Wildman–Crippen LogP) is 4.04. The Kier molecular flexibility index (Phi) is 5.70. The second-order valence-electron chi connectivity index (χ2n) is 7.04. The zero-order chi connectivity index (χ0) is 18.3. The molecule has 0 unspecified atom stereocenters. The first-order valence-corrected chi connectivity index (χ1v) is 9.63. The molecule has 1 aromatic carbocycles. The van der Waals surface area contributed by atoms with Crippen LogP contribution in [0.15, 0.2) is 67.1 Å². The smallest absolute Gasteiger partial charge is 0.150 e. The van der Waals surface area contributed by atoms with Gasteiger partial charge >= 0.3 is 0 Å². The third-order valence-electron chi connectivity index (χ3n) is 5.07. The average molecular weight is 359 g/mol. The monoisotopic (exact) mass is 359 g/mol. The first-order chi connectivity index (χ1) is 13.4. The highest BCUT2D eigenvalue weighted by Gasteiger charge is 2.22. The van der Waals surface area contributed by atoms with E-state index in [-0.39, 0.29) is 0 Å². The number of nitrogens with one attached hydrogen (secondary N) is 1. The van der Waals surface area contributed by atoms with E-state index in [9.17, 15) is 0 Å². The van der Waals surface area contributed by atoms with Crippen molar-refractivity contribution in [2.75, 3.05) is 25.0 Å². The number of pyridine rings is 1. The Hall–Kier alpha value is -2.79. The Morgan fingerprint density at radius 1 is 1.00 bits per heavy atom. The summed E-state index contributed by atoms with van der Waals surface area (Å²) in [5.41, 5.74) is 2.57. The molecule has 1 atom stereocenters. The highest BCUT2D eigenvalue weighted by atomic mass is 15.1. The largest absolute Gasteiger partial charge is 0.324 e. The van der Waals surface area contributed by atoms with Crippen LogP contribution < -0.4 is 5.32 Å². The summed E-state index contributed by atoms with van der Waals surface area (Å²) < 4.78 is 0. The Morgan fingerprint density at radius 3 is 2.78 bits per heavy atom. The normalized spacial score (nSPS) is 17.6. The van der Waals surface area contributed by atoms with Gasteiger partial charge in [0.2, 0.25) is 0 Å². The minimum atomic E-state index is 0.484. The Morgan fingerprint density at radius 2 is 1.93 bits per heavy atom. The van der Waals surface area contributed by atoms with Crippen molar-refractivity contribution in [1.29, 1.82) is 0 Å². The van der Waals surface area contributed by atoms with Gasteiger partial charge in [-0.3, -0.25) is 4.98 Å². The molecule has 0 radical (unpaired) electrons. The lowest BCUT2D eigenvalue weighted by Crippen LogP contribution is -2.36. The van der Waals surface area contributed by atoms with Gasteiger partial charge in [-0.1, -0.05) is 36.4 Å². The van der Waals surface area contributed by atoms with Crippen LogP contribution in [0.4, 0.5) is 11.6 Å². The topological polar surface area (TPSA) is 53.9 Å². The lowest BCUT2D eigenvalue weighted by atomic mass is 9.94. The summed E-state index contributed by atoms with van der Waals surface area (Å²) in [5.74, 6) is 2.03. The molecule has 1 saturated heterocycles. The van der Waals surface area contributed by atoms with Gasteiger partial charge in [-0.05, 0) is 43.5 Å². The van der Waals surface area contributed by atoms with Crippen molar-refractivity contribution < 1.29 is 0 Å². The van der Waals surface area contributed by atoms with Crippen molar-refractivity contribution in [2.45, 2.75) is 25.2 Å². The maximum absolute atomic E-state index is 4.84. The van der Waals surface area contributed by atoms with Crippen molar-refractivity contribution >= 4 is 11.6 Å². The van der Waals surface area contributed by atoms with Crippen molar-refractivity contribution in [1.82, 2.24) is 19.9 Å². The van der Waals surface area contributed by atoms with Crippen LogP contribution in [-0.2, 0) is 6.42 Å². The number of hydrogen-bond acceptors (Lipinski definition) is 5. The number of hydrogen-bond donors (Lipinski definition) is 1. The molecule has 27 heavy (non-hydrogen) atoms. The molecule has 0 bridgehead atoms. The number of anilines is 2. The summed E-state index contributed by atoms with van der Waals surface area (Å²) in [6.45, 7) is 3.37. The molecule has 0 amide bonds. The van der Waals surface area contributed by atoms with E-state index in [1.54, 1.807) is 18.6 Å². The van der Waals surface area contributed by atoms with Crippen LogP contribution in [-0.4, -0.2) is 39.5 Å². The molecule has 2 aromatic heterocycles. The van der Waals surface area contributed by atoms with Crippen LogP contribution in [0.3, 0.4) is 0 Å². The second-order valence-corrected chi connectivity index (χ2v) is 7.04. The van der Waals surface area contributed by atoms with Crippen molar-refractivity contribution in [2.24, 2.45) is 0 Å². The standard InChI is InChI=1S/C22H25N5/c1-2-6-18(7-3-1)11-15-27-14-5-8-19(17-27)20-9-4-10-21(25-20)26-22-16-23-12-13-24-22/h1-4,6-7,9-10,12-13,16,19H,5,8,11,14-15,17H2,(H,24,25,26)/t19-/m0/s1. The number of rotatable bonds is 6. The summed E-state index contributed by atoms with van der Waals surface area (Å²) in [5, 5.41) is 3.24. The first kappa shape index (κ1) is 17.6. The lowest BCUT2D eigenvalue weighted by Gasteiger charge is -2.32. The third-order valence-corrected chi connectivity index (χ3v) is 5.07. The summed E-state index contributed by atoms with van der Waals surface area (Å²) in [7, 11) is 0. The van der Waals surface area contributed by atoms with Crippen molar-refractivity contribution in [3.63, 3.8) is 0 Å². The molecule has 138 valence electrons. The second kappa shape index (κ2) is 8.73. The van der Waals surface area contributed by atoms with Crippen molar-refractivity contribution in [3.05, 3.63) is 78.4 Å². The number of likely N-dealkylation sites (tertiary alicyclic amines) is 1. The molecule has 3 heterocycles. The molecule has 1 aliphatic heterocycles. The fraction of sp³-hybridized carbons (Fsp3) is 0.318. The Balaban J connectivity index is 1.38. The summed E-state index contributed by atoms with van der Waals surface area (Å²) in [6, 6.07) is 16.9. The van der Waals surface area contributed by atoms with Gasteiger partial charge in [-0.15, -0.1) is 0 Å². The molecule has 5 nitrogen and oxygen atoms in total. The van der Waals surface area contributed by atoms with Crippen LogP contribution >= 0.6 is 0 Å². The van der Waals surface area contributed by atoms with E-state index in [2.05, 4.69) is 62.6 Å². The number of piperidine rings is 1. The number of aromatic nitrogens is 3. The van der Waals surface area contributed by atoms with E-state index in [0.29, 0.717) is 5.92 Å². The molecule has 0 saturated carbocycles. The van der Waals surface area contributed by atoms with Crippen molar-refractivity contribution in [3.8, 4) is 0 Å². The van der Waals surface area contributed by atoms with E-state index >= 15 is 0 Å². The van der Waals surface area contributed by atoms with Gasteiger partial charge in [0.15, 0.2) is 0 Å². The fourth-order valence-corrected chi connectivity index (χ4v) is 3.68. The molecule has 0 aliphatic carbocycles. The van der Waals surface area contributed by atoms with Crippen LogP contribution in [0.5, 0.6) is 0 Å². The van der Waals surface area contributed by atoms with E-state index in [1.165, 1.54) is 24.9 Å². The highest BCUT2D eigenvalue weighted by Crippen LogP contribution is 2.27.